The Morgan fingerprint density at radius 1 is 1.12 bits per heavy atom. The van der Waals surface area contributed by atoms with Gasteiger partial charge in [-0.25, -0.2) is 23.0 Å². The smallest absolute Gasteiger partial charge is 0.411 e. The van der Waals surface area contributed by atoms with Crippen LogP contribution in [0.1, 0.15) is 10.5 Å². The van der Waals surface area contributed by atoms with E-state index < -0.39 is 22.1 Å². The van der Waals surface area contributed by atoms with Crippen molar-refractivity contribution in [3.63, 3.8) is 0 Å². The first-order valence-corrected chi connectivity index (χ1v) is 7.97. The summed E-state index contributed by atoms with van der Waals surface area (Å²) in [4.78, 5) is 25.5. The number of hydrogen-bond donors (Lipinski definition) is 3. The van der Waals surface area contributed by atoms with Gasteiger partial charge in [-0.3, -0.25) is 10.0 Å². The minimum atomic E-state index is -3.92. The quantitative estimate of drug-likeness (QED) is 0.747. The molecule has 0 atom stereocenters. The molecule has 0 saturated carbocycles. The van der Waals surface area contributed by atoms with Gasteiger partial charge in [-0.15, -0.1) is 0 Å². The lowest BCUT2D eigenvalue weighted by molar-refractivity contribution is 0.0690. The van der Waals surface area contributed by atoms with E-state index in [4.69, 9.17) is 5.11 Å². The lowest BCUT2D eigenvalue weighted by atomic mass is 10.3. The Kier molecular flexibility index (Phi) is 4.99. The maximum atomic E-state index is 12.3. The molecule has 0 aliphatic rings. The summed E-state index contributed by atoms with van der Waals surface area (Å²) >= 11 is 0. The van der Waals surface area contributed by atoms with Gasteiger partial charge in [0.1, 0.15) is 5.69 Å². The molecule has 9 nitrogen and oxygen atoms in total. The number of methoxy groups -OCH3 is 1. The molecule has 24 heavy (non-hydrogen) atoms. The molecule has 1 aromatic heterocycles. The molecule has 3 N–H and O–H groups in total. The summed E-state index contributed by atoms with van der Waals surface area (Å²) in [7, 11) is -2.71. The minimum absolute atomic E-state index is 0.0633. The molecular weight excluding hydrogens is 338 g/mol. The minimum Gasteiger partial charge on any atom is -0.477 e. The van der Waals surface area contributed by atoms with E-state index in [0.29, 0.717) is 5.69 Å². The van der Waals surface area contributed by atoms with Crippen LogP contribution in [0.4, 0.5) is 16.2 Å². The molecule has 2 aromatic rings. The Bertz CT molecular complexity index is 864. The van der Waals surface area contributed by atoms with Gasteiger partial charge in [-0.1, -0.05) is 0 Å². The van der Waals surface area contributed by atoms with Crippen molar-refractivity contribution in [1.29, 1.82) is 0 Å². The molecule has 1 aromatic carbocycles. The van der Waals surface area contributed by atoms with E-state index in [-0.39, 0.29) is 16.3 Å². The van der Waals surface area contributed by atoms with Crippen molar-refractivity contribution in [1.82, 2.24) is 4.98 Å². The van der Waals surface area contributed by atoms with Crippen LogP contribution in [0.3, 0.4) is 0 Å². The van der Waals surface area contributed by atoms with Gasteiger partial charge in [0.15, 0.2) is 0 Å². The van der Waals surface area contributed by atoms with E-state index in [1.807, 2.05) is 0 Å². The first kappa shape index (κ1) is 17.2. The third-order valence-electron chi connectivity index (χ3n) is 2.83. The number of hydrogen-bond acceptors (Lipinski definition) is 6. The molecule has 1 heterocycles. The van der Waals surface area contributed by atoms with Crippen molar-refractivity contribution in [2.75, 3.05) is 17.1 Å². The van der Waals surface area contributed by atoms with E-state index in [9.17, 15) is 18.0 Å². The number of ether oxygens (including phenoxy) is 1. The first-order valence-electron chi connectivity index (χ1n) is 6.49. The second-order valence-corrected chi connectivity index (χ2v) is 6.16. The molecule has 0 spiro atoms. The van der Waals surface area contributed by atoms with Crippen LogP contribution < -0.4 is 10.0 Å². The Hall–Kier alpha value is -3.14. The summed E-state index contributed by atoms with van der Waals surface area (Å²) in [5.74, 6) is -1.27. The Balaban J connectivity index is 2.19. The predicted molar refractivity (Wildman–Crippen MR) is 84.5 cm³/mol. The summed E-state index contributed by atoms with van der Waals surface area (Å²) in [5, 5.41) is 11.3. The number of carboxylic acids is 1. The molecule has 0 aliphatic heterocycles. The van der Waals surface area contributed by atoms with Gasteiger partial charge < -0.3 is 9.84 Å². The van der Waals surface area contributed by atoms with Crippen LogP contribution in [0.15, 0.2) is 47.5 Å². The fourth-order valence-electron chi connectivity index (χ4n) is 1.71. The number of aromatic nitrogens is 1. The molecule has 0 fully saturated rings. The van der Waals surface area contributed by atoms with Crippen molar-refractivity contribution < 1.29 is 27.9 Å². The van der Waals surface area contributed by atoms with E-state index in [1.165, 1.54) is 43.6 Å². The zero-order chi connectivity index (χ0) is 17.7. The lowest BCUT2D eigenvalue weighted by Crippen LogP contribution is -2.14. The molecule has 2 rings (SSSR count). The predicted octanol–water partition coefficient (Wildman–Crippen LogP) is 1.76. The van der Waals surface area contributed by atoms with Crippen LogP contribution in [0.2, 0.25) is 0 Å². The number of nitrogens with zero attached hydrogens (tertiary/aromatic N) is 1. The largest absolute Gasteiger partial charge is 0.477 e. The van der Waals surface area contributed by atoms with Gasteiger partial charge in [-0.2, -0.15) is 0 Å². The second kappa shape index (κ2) is 6.96. The van der Waals surface area contributed by atoms with E-state index in [0.717, 1.165) is 6.07 Å². The van der Waals surface area contributed by atoms with Crippen molar-refractivity contribution in [2.45, 2.75) is 4.90 Å². The molecule has 0 saturated heterocycles. The highest BCUT2D eigenvalue weighted by atomic mass is 32.2. The lowest BCUT2D eigenvalue weighted by Gasteiger charge is -2.09. The van der Waals surface area contributed by atoms with Crippen LogP contribution >= 0.6 is 0 Å². The van der Waals surface area contributed by atoms with Gasteiger partial charge in [0.25, 0.3) is 10.0 Å². The number of benzene rings is 1. The van der Waals surface area contributed by atoms with Crippen LogP contribution in [0.25, 0.3) is 0 Å². The standard InChI is InChI=1S/C14H13N3O6S/c1-23-14(20)16-9-2-4-11(5-3-9)24(21,22)17-10-6-7-15-12(8-10)13(18)19/h2-8H,1H3,(H,15,17)(H,16,20)(H,18,19). The van der Waals surface area contributed by atoms with Gasteiger partial charge in [-0.05, 0) is 36.4 Å². The Morgan fingerprint density at radius 3 is 2.38 bits per heavy atom. The number of sulfonamides is 1. The Morgan fingerprint density at radius 2 is 1.79 bits per heavy atom. The SMILES string of the molecule is COC(=O)Nc1ccc(S(=O)(=O)Nc2ccnc(C(=O)O)c2)cc1. The average molecular weight is 351 g/mol. The molecule has 1 amide bonds. The van der Waals surface area contributed by atoms with Crippen molar-refractivity contribution in [2.24, 2.45) is 0 Å². The average Bonchev–Trinajstić information content (AvgIpc) is 2.55. The topological polar surface area (TPSA) is 135 Å². The normalized spacial score (nSPS) is 10.7. The highest BCUT2D eigenvalue weighted by Crippen LogP contribution is 2.18. The van der Waals surface area contributed by atoms with Crippen LogP contribution in [0, 0.1) is 0 Å². The number of amides is 1. The van der Waals surface area contributed by atoms with Crippen molar-refractivity contribution >= 4 is 33.5 Å². The third-order valence-corrected chi connectivity index (χ3v) is 4.22. The maximum absolute atomic E-state index is 12.3. The number of anilines is 2. The number of carboxylic acid groups (broad SMARTS) is 1. The second-order valence-electron chi connectivity index (χ2n) is 4.48. The number of carbonyl (C=O) groups excluding carboxylic acids is 1. The third kappa shape index (κ3) is 4.20. The van der Waals surface area contributed by atoms with Gasteiger partial charge in [0, 0.05) is 11.9 Å². The molecule has 0 aliphatic carbocycles. The Labute approximate surface area is 137 Å². The maximum Gasteiger partial charge on any atom is 0.411 e. The van der Waals surface area contributed by atoms with E-state index in [2.05, 4.69) is 19.8 Å². The molecule has 0 unspecified atom stereocenters. The number of aromatic carboxylic acids is 1. The molecule has 0 radical (unpaired) electrons. The first-order chi connectivity index (χ1) is 11.3. The summed E-state index contributed by atoms with van der Waals surface area (Å²) < 4.78 is 31.2. The fourth-order valence-corrected chi connectivity index (χ4v) is 2.76. The zero-order valence-corrected chi connectivity index (χ0v) is 13.2. The van der Waals surface area contributed by atoms with Crippen molar-refractivity contribution in [3.8, 4) is 0 Å². The highest BCUT2D eigenvalue weighted by Gasteiger charge is 2.15. The van der Waals surface area contributed by atoms with E-state index in [1.54, 1.807) is 0 Å². The zero-order valence-electron chi connectivity index (χ0n) is 12.4. The number of nitrogens with one attached hydrogen (secondary N) is 2. The summed E-state index contributed by atoms with van der Waals surface area (Å²) in [6.45, 7) is 0. The van der Waals surface area contributed by atoms with E-state index >= 15 is 0 Å². The molecular formula is C14H13N3O6S. The number of pyridine rings is 1. The van der Waals surface area contributed by atoms with Gasteiger partial charge in [0.2, 0.25) is 0 Å². The highest BCUT2D eigenvalue weighted by molar-refractivity contribution is 7.92. The van der Waals surface area contributed by atoms with Crippen LogP contribution in [0.5, 0.6) is 0 Å². The summed E-state index contributed by atoms with van der Waals surface area (Å²) in [6, 6.07) is 7.78. The monoisotopic (exact) mass is 351 g/mol. The van der Waals surface area contributed by atoms with Gasteiger partial charge in [0.05, 0.1) is 17.7 Å². The summed E-state index contributed by atoms with van der Waals surface area (Å²) in [6.07, 6.45) is 0.506. The fraction of sp³-hybridized carbons (Fsp3) is 0.0714. The summed E-state index contributed by atoms with van der Waals surface area (Å²) in [5.41, 5.74) is 0.143. The molecule has 0 bridgehead atoms. The van der Waals surface area contributed by atoms with Crippen LogP contribution in [-0.2, 0) is 14.8 Å². The van der Waals surface area contributed by atoms with Crippen LogP contribution in [-0.4, -0.2) is 37.7 Å². The van der Waals surface area contributed by atoms with Crippen molar-refractivity contribution in [3.05, 3.63) is 48.3 Å². The number of rotatable bonds is 5. The van der Waals surface area contributed by atoms with Gasteiger partial charge >= 0.3 is 12.1 Å². The molecule has 10 heteroatoms. The molecule has 126 valence electrons. The number of carbonyl (C=O) groups is 2.